The Bertz CT molecular complexity index is 552. The Hall–Kier alpha value is -1.77. The van der Waals surface area contributed by atoms with Crippen LogP contribution in [0.15, 0.2) is 30.5 Å². The fraction of sp³-hybridized carbons (Fsp3) is 0.308. The van der Waals surface area contributed by atoms with Crippen LogP contribution in [0.1, 0.15) is 23.2 Å². The van der Waals surface area contributed by atoms with Gasteiger partial charge in [-0.15, -0.1) is 0 Å². The maximum atomic E-state index is 10.9. The van der Waals surface area contributed by atoms with Gasteiger partial charge < -0.3 is 9.67 Å². The van der Waals surface area contributed by atoms with Crippen LogP contribution in [0.4, 0.5) is 0 Å². The highest BCUT2D eigenvalue weighted by atomic mass is 16.4. The van der Waals surface area contributed by atoms with Gasteiger partial charge in [-0.2, -0.15) is 0 Å². The number of carboxylic acids is 1. The molecule has 16 heavy (non-hydrogen) atoms. The fourth-order valence-electron chi connectivity index (χ4n) is 2.05. The van der Waals surface area contributed by atoms with Gasteiger partial charge in [0.15, 0.2) is 0 Å². The number of aromatic carboxylic acids is 1. The first kappa shape index (κ1) is 9.46. The van der Waals surface area contributed by atoms with Crippen LogP contribution < -0.4 is 0 Å². The minimum absolute atomic E-state index is 0.364. The molecule has 3 heteroatoms. The van der Waals surface area contributed by atoms with Crippen LogP contribution in [0.3, 0.4) is 0 Å². The van der Waals surface area contributed by atoms with Gasteiger partial charge in [-0.25, -0.2) is 4.79 Å². The average Bonchev–Trinajstić information content (AvgIpc) is 2.99. The van der Waals surface area contributed by atoms with Crippen molar-refractivity contribution in [3.8, 4) is 0 Å². The van der Waals surface area contributed by atoms with Crippen LogP contribution in [0.5, 0.6) is 0 Å². The first-order chi connectivity index (χ1) is 7.74. The predicted octanol–water partition coefficient (Wildman–Crippen LogP) is 2.75. The molecule has 1 aliphatic carbocycles. The molecule has 0 saturated heterocycles. The van der Waals surface area contributed by atoms with Crippen molar-refractivity contribution in [2.24, 2.45) is 5.92 Å². The van der Waals surface area contributed by atoms with Crippen molar-refractivity contribution < 1.29 is 9.90 Å². The van der Waals surface area contributed by atoms with E-state index in [4.69, 9.17) is 5.11 Å². The number of fused-ring (bicyclic) bond motifs is 1. The third-order valence-corrected chi connectivity index (χ3v) is 3.17. The van der Waals surface area contributed by atoms with Gasteiger partial charge in [-0.1, -0.05) is 6.07 Å². The van der Waals surface area contributed by atoms with Gasteiger partial charge in [0.1, 0.15) is 0 Å². The molecule has 3 nitrogen and oxygen atoms in total. The highest BCUT2D eigenvalue weighted by Gasteiger charge is 2.22. The van der Waals surface area contributed by atoms with E-state index in [-0.39, 0.29) is 0 Å². The highest BCUT2D eigenvalue weighted by Crippen LogP contribution is 2.32. The van der Waals surface area contributed by atoms with E-state index in [1.807, 2.05) is 12.1 Å². The first-order valence-corrected chi connectivity index (χ1v) is 5.56. The third kappa shape index (κ3) is 1.58. The maximum Gasteiger partial charge on any atom is 0.335 e. The number of rotatable bonds is 3. The Morgan fingerprint density at radius 2 is 2.19 bits per heavy atom. The van der Waals surface area contributed by atoms with Crippen LogP contribution in [-0.2, 0) is 6.54 Å². The van der Waals surface area contributed by atoms with Crippen molar-refractivity contribution in [3.63, 3.8) is 0 Å². The van der Waals surface area contributed by atoms with Crippen LogP contribution in [0.2, 0.25) is 0 Å². The van der Waals surface area contributed by atoms with Crippen LogP contribution in [0.25, 0.3) is 10.9 Å². The molecule has 0 radical (unpaired) electrons. The van der Waals surface area contributed by atoms with Crippen molar-refractivity contribution in [2.75, 3.05) is 0 Å². The van der Waals surface area contributed by atoms with Crippen LogP contribution in [0, 0.1) is 5.92 Å². The zero-order valence-electron chi connectivity index (χ0n) is 8.89. The first-order valence-electron chi connectivity index (χ1n) is 5.56. The molecule has 1 aliphatic rings. The molecular formula is C13H13NO2. The minimum Gasteiger partial charge on any atom is -0.478 e. The molecule has 0 spiro atoms. The lowest BCUT2D eigenvalue weighted by Crippen LogP contribution is -2.00. The van der Waals surface area contributed by atoms with Crippen molar-refractivity contribution in [1.82, 2.24) is 4.57 Å². The predicted molar refractivity (Wildman–Crippen MR) is 61.6 cm³/mol. The van der Waals surface area contributed by atoms with Gasteiger partial charge in [0.05, 0.1) is 5.56 Å². The monoisotopic (exact) mass is 215 g/mol. The largest absolute Gasteiger partial charge is 0.478 e. The molecule has 1 N–H and O–H groups in total. The lowest BCUT2D eigenvalue weighted by molar-refractivity contribution is 0.0697. The summed E-state index contributed by atoms with van der Waals surface area (Å²) in [6.07, 6.45) is 4.66. The van der Waals surface area contributed by atoms with E-state index in [2.05, 4.69) is 10.8 Å². The number of carbonyl (C=O) groups is 1. The van der Waals surface area contributed by atoms with E-state index in [0.717, 1.165) is 23.4 Å². The molecule has 1 heterocycles. The molecule has 0 atom stereocenters. The molecule has 82 valence electrons. The topological polar surface area (TPSA) is 42.2 Å². The standard InChI is InChI=1S/C13H13NO2/c15-13(16)11-4-3-10-5-6-14(12(10)7-11)8-9-1-2-9/h3-7,9H,1-2,8H2,(H,15,16). The number of hydrogen-bond donors (Lipinski definition) is 1. The summed E-state index contributed by atoms with van der Waals surface area (Å²) >= 11 is 0. The van der Waals surface area contributed by atoms with E-state index in [0.29, 0.717) is 5.56 Å². The number of aromatic nitrogens is 1. The summed E-state index contributed by atoms with van der Waals surface area (Å²) in [6, 6.07) is 7.34. The molecule has 1 saturated carbocycles. The summed E-state index contributed by atoms with van der Waals surface area (Å²) in [5.41, 5.74) is 1.40. The van der Waals surface area contributed by atoms with E-state index in [1.54, 1.807) is 12.1 Å². The molecular weight excluding hydrogens is 202 g/mol. The maximum absolute atomic E-state index is 10.9. The Morgan fingerprint density at radius 3 is 2.88 bits per heavy atom. The Morgan fingerprint density at radius 1 is 1.38 bits per heavy atom. The van der Waals surface area contributed by atoms with Crippen LogP contribution in [-0.4, -0.2) is 15.6 Å². The average molecular weight is 215 g/mol. The number of nitrogens with zero attached hydrogens (tertiary/aromatic N) is 1. The van der Waals surface area contributed by atoms with Gasteiger partial charge in [0.25, 0.3) is 0 Å². The molecule has 0 unspecified atom stereocenters. The number of hydrogen-bond acceptors (Lipinski definition) is 1. The second kappa shape index (κ2) is 3.37. The smallest absolute Gasteiger partial charge is 0.335 e. The molecule has 2 aromatic rings. The summed E-state index contributed by atoms with van der Waals surface area (Å²) < 4.78 is 2.17. The summed E-state index contributed by atoms with van der Waals surface area (Å²) in [4.78, 5) is 10.9. The van der Waals surface area contributed by atoms with Gasteiger partial charge in [0.2, 0.25) is 0 Å². The van der Waals surface area contributed by atoms with Crippen molar-refractivity contribution in [2.45, 2.75) is 19.4 Å². The van der Waals surface area contributed by atoms with Gasteiger partial charge >= 0.3 is 5.97 Å². The normalized spacial score (nSPS) is 15.5. The quantitative estimate of drug-likeness (QED) is 0.855. The zero-order chi connectivity index (χ0) is 11.1. The molecule has 1 aromatic heterocycles. The van der Waals surface area contributed by atoms with Crippen LogP contribution >= 0.6 is 0 Å². The van der Waals surface area contributed by atoms with Crippen molar-refractivity contribution in [1.29, 1.82) is 0 Å². The van der Waals surface area contributed by atoms with E-state index >= 15 is 0 Å². The Kier molecular flexibility index (Phi) is 1.99. The summed E-state index contributed by atoms with van der Waals surface area (Å²) in [5, 5.41) is 10.1. The van der Waals surface area contributed by atoms with Gasteiger partial charge in [0, 0.05) is 18.3 Å². The molecule has 0 aliphatic heterocycles. The Labute approximate surface area is 93.3 Å². The third-order valence-electron chi connectivity index (χ3n) is 3.17. The second-order valence-electron chi connectivity index (χ2n) is 4.49. The molecule has 0 bridgehead atoms. The highest BCUT2D eigenvalue weighted by molar-refractivity contribution is 5.93. The lowest BCUT2D eigenvalue weighted by Gasteiger charge is -2.04. The summed E-state index contributed by atoms with van der Waals surface area (Å²) in [6.45, 7) is 1.02. The Balaban J connectivity index is 2.07. The van der Waals surface area contributed by atoms with Crippen molar-refractivity contribution >= 4 is 16.9 Å². The van der Waals surface area contributed by atoms with Crippen molar-refractivity contribution in [3.05, 3.63) is 36.0 Å². The van der Waals surface area contributed by atoms with E-state index in [1.165, 1.54) is 12.8 Å². The molecule has 1 aromatic carbocycles. The SMILES string of the molecule is O=C(O)c1ccc2ccn(CC3CC3)c2c1. The van der Waals surface area contributed by atoms with E-state index < -0.39 is 5.97 Å². The van der Waals surface area contributed by atoms with Gasteiger partial charge in [-0.3, -0.25) is 0 Å². The summed E-state index contributed by atoms with van der Waals surface area (Å²) in [7, 11) is 0. The zero-order valence-corrected chi connectivity index (χ0v) is 8.89. The molecule has 3 rings (SSSR count). The minimum atomic E-state index is -0.860. The summed E-state index contributed by atoms with van der Waals surface area (Å²) in [5.74, 6) is -0.0647. The fourth-order valence-corrected chi connectivity index (χ4v) is 2.05. The second-order valence-corrected chi connectivity index (χ2v) is 4.49. The molecule has 0 amide bonds. The lowest BCUT2D eigenvalue weighted by atomic mass is 10.1. The number of carboxylic acid groups (broad SMARTS) is 1. The molecule has 1 fully saturated rings. The number of benzene rings is 1. The van der Waals surface area contributed by atoms with Gasteiger partial charge in [-0.05, 0) is 42.3 Å². The van der Waals surface area contributed by atoms with E-state index in [9.17, 15) is 4.79 Å².